The van der Waals surface area contributed by atoms with Gasteiger partial charge in [0.1, 0.15) is 0 Å². The van der Waals surface area contributed by atoms with Gasteiger partial charge in [-0.15, -0.1) is 0 Å². The number of carbonyl (C=O) groups is 1. The van der Waals surface area contributed by atoms with Gasteiger partial charge in [0, 0.05) is 5.57 Å². The van der Waals surface area contributed by atoms with Crippen molar-refractivity contribution in [3.8, 4) is 0 Å². The number of nitrogens with two attached hydrogens (primary N) is 1. The maximum atomic E-state index is 12.6. The number of sulfonamides is 1. The molecule has 2 atom stereocenters. The maximum absolute atomic E-state index is 12.6. The van der Waals surface area contributed by atoms with E-state index >= 15 is 0 Å². The molecule has 2 rings (SSSR count). The van der Waals surface area contributed by atoms with Gasteiger partial charge < -0.3 is 5.11 Å². The first-order valence-electron chi connectivity index (χ1n) is 6.67. The molecule has 1 aliphatic heterocycles. The smallest absolute Gasteiger partial charge is 0.331 e. The number of hydrogen-bond donors (Lipinski definition) is 2. The van der Waals surface area contributed by atoms with Crippen molar-refractivity contribution in [1.29, 1.82) is 0 Å². The van der Waals surface area contributed by atoms with Crippen molar-refractivity contribution in [3.05, 3.63) is 23.4 Å². The van der Waals surface area contributed by atoms with Crippen LogP contribution in [0.15, 0.2) is 28.4 Å². The van der Waals surface area contributed by atoms with Gasteiger partial charge >= 0.3 is 5.97 Å². The Morgan fingerprint density at radius 2 is 2.10 bits per heavy atom. The van der Waals surface area contributed by atoms with Crippen molar-refractivity contribution in [2.24, 2.45) is 16.6 Å². The Morgan fingerprint density at radius 3 is 2.62 bits per heavy atom. The fraction of sp³-hybridized carbons (Fsp3) is 0.538. The van der Waals surface area contributed by atoms with E-state index in [0.29, 0.717) is 11.4 Å². The van der Waals surface area contributed by atoms with Crippen molar-refractivity contribution in [2.75, 3.05) is 0 Å². The molecule has 116 valence electrons. The van der Waals surface area contributed by atoms with Gasteiger partial charge in [0.05, 0.1) is 16.7 Å². The molecule has 2 aliphatic rings. The van der Waals surface area contributed by atoms with Crippen molar-refractivity contribution < 1.29 is 18.3 Å². The number of aliphatic imine (C=N–C) groups is 1. The van der Waals surface area contributed by atoms with Crippen LogP contribution in [0, 0.1) is 5.92 Å². The average Bonchev–Trinajstić information content (AvgIpc) is 2.72. The minimum Gasteiger partial charge on any atom is -0.478 e. The Kier molecular flexibility index (Phi) is 3.94. The lowest BCUT2D eigenvalue weighted by Gasteiger charge is -2.29. The Labute approximate surface area is 123 Å². The molecule has 2 unspecified atom stereocenters. The molecule has 7 nitrogen and oxygen atoms in total. The third kappa shape index (κ3) is 2.60. The average molecular weight is 313 g/mol. The third-order valence-corrected chi connectivity index (χ3v) is 6.24. The quantitative estimate of drug-likeness (QED) is 0.791. The number of fused-ring (bicyclic) bond motifs is 1. The van der Waals surface area contributed by atoms with E-state index in [2.05, 4.69) is 4.99 Å². The minimum atomic E-state index is -3.65. The first kappa shape index (κ1) is 15.7. The Hall–Kier alpha value is -1.67. The van der Waals surface area contributed by atoms with Crippen molar-refractivity contribution in [3.63, 3.8) is 0 Å². The van der Waals surface area contributed by atoms with Gasteiger partial charge in [-0.1, -0.05) is 19.9 Å². The molecule has 0 aromatic heterocycles. The molecule has 0 amide bonds. The predicted molar refractivity (Wildman–Crippen MR) is 78.9 cm³/mol. The molecule has 0 fully saturated rings. The molecule has 0 aromatic carbocycles. The topological polar surface area (TPSA) is 113 Å². The van der Waals surface area contributed by atoms with Gasteiger partial charge in [-0.05, 0) is 25.3 Å². The minimum absolute atomic E-state index is 0.0689. The zero-order chi connectivity index (χ0) is 15.9. The van der Waals surface area contributed by atoms with E-state index in [4.69, 9.17) is 10.8 Å². The number of hydrogen-bond acceptors (Lipinski definition) is 5. The Balaban J connectivity index is 2.38. The summed E-state index contributed by atoms with van der Waals surface area (Å²) in [6, 6.07) is 0. The van der Waals surface area contributed by atoms with E-state index in [0.717, 1.165) is 4.31 Å². The first-order chi connectivity index (χ1) is 9.66. The van der Waals surface area contributed by atoms with Crippen molar-refractivity contribution in [2.45, 2.75) is 38.7 Å². The van der Waals surface area contributed by atoms with E-state index < -0.39 is 27.5 Å². The Morgan fingerprint density at radius 1 is 1.48 bits per heavy atom. The lowest BCUT2D eigenvalue weighted by molar-refractivity contribution is -0.132. The largest absolute Gasteiger partial charge is 0.478 e. The van der Waals surface area contributed by atoms with Gasteiger partial charge in [-0.3, -0.25) is 5.73 Å². The van der Waals surface area contributed by atoms with E-state index in [1.807, 2.05) is 13.8 Å². The zero-order valence-electron chi connectivity index (χ0n) is 12.1. The summed E-state index contributed by atoms with van der Waals surface area (Å²) in [5, 5.41) is 8.39. The first-order valence-corrected chi connectivity index (χ1v) is 8.17. The van der Waals surface area contributed by atoms with E-state index in [1.54, 1.807) is 13.0 Å². The van der Waals surface area contributed by atoms with Gasteiger partial charge in [0.2, 0.25) is 10.0 Å². The maximum Gasteiger partial charge on any atom is 0.331 e. The Bertz CT molecular complexity index is 661. The molecule has 8 heteroatoms. The van der Waals surface area contributed by atoms with Crippen LogP contribution in [-0.4, -0.2) is 41.1 Å². The molecular weight excluding hydrogens is 294 g/mol. The lowest BCUT2D eigenvalue weighted by Crippen LogP contribution is -2.46. The number of aliphatic carboxylic acids is 1. The molecule has 0 saturated heterocycles. The highest BCUT2D eigenvalue weighted by atomic mass is 32.2. The lowest BCUT2D eigenvalue weighted by atomic mass is 10.0. The van der Waals surface area contributed by atoms with E-state index in [9.17, 15) is 13.2 Å². The van der Waals surface area contributed by atoms with Crippen LogP contribution in [0.5, 0.6) is 0 Å². The highest BCUT2D eigenvalue weighted by Gasteiger charge is 2.41. The molecule has 1 heterocycles. The summed E-state index contributed by atoms with van der Waals surface area (Å²) in [5.41, 5.74) is 6.68. The molecule has 3 N–H and O–H groups in total. The highest BCUT2D eigenvalue weighted by Crippen LogP contribution is 2.31. The fourth-order valence-electron chi connectivity index (χ4n) is 2.21. The van der Waals surface area contributed by atoms with Gasteiger partial charge in [0.25, 0.3) is 0 Å². The van der Waals surface area contributed by atoms with Crippen LogP contribution in [-0.2, 0) is 14.8 Å². The van der Waals surface area contributed by atoms with Gasteiger partial charge in [-0.2, -0.15) is 0 Å². The second kappa shape index (κ2) is 5.27. The highest BCUT2D eigenvalue weighted by molar-refractivity contribution is 7.89. The summed E-state index contributed by atoms with van der Waals surface area (Å²) in [5.74, 6) is -1.11. The summed E-state index contributed by atoms with van der Waals surface area (Å²) in [6.45, 7) is 5.28. The van der Waals surface area contributed by atoms with Gasteiger partial charge in [0.15, 0.2) is 6.29 Å². The van der Waals surface area contributed by atoms with Crippen LogP contribution in [0.25, 0.3) is 0 Å². The summed E-state index contributed by atoms with van der Waals surface area (Å²) in [4.78, 5) is 15.1. The number of carboxylic acids is 1. The molecular formula is C13H19N3O4S. The summed E-state index contributed by atoms with van der Waals surface area (Å²) < 4.78 is 26.4. The normalized spacial score (nSPS) is 23.4. The number of allylic oxidation sites excluding steroid dienone is 2. The second-order valence-electron chi connectivity index (χ2n) is 5.49. The molecule has 0 bridgehead atoms. The fourth-order valence-corrected chi connectivity index (χ4v) is 4.05. The van der Waals surface area contributed by atoms with Crippen LogP contribution in [0.3, 0.4) is 0 Å². The van der Waals surface area contributed by atoms with Crippen LogP contribution in [0.2, 0.25) is 0 Å². The molecule has 1 aliphatic carbocycles. The van der Waals surface area contributed by atoms with E-state index in [1.165, 1.54) is 6.08 Å². The third-order valence-electron chi connectivity index (χ3n) is 3.80. The van der Waals surface area contributed by atoms with Crippen LogP contribution >= 0.6 is 0 Å². The number of nitrogens with zero attached hydrogens (tertiary/aromatic N) is 2. The predicted octanol–water partition coefficient (Wildman–Crippen LogP) is 0.658. The molecule has 0 saturated carbocycles. The van der Waals surface area contributed by atoms with Crippen LogP contribution < -0.4 is 5.73 Å². The van der Waals surface area contributed by atoms with Crippen molar-refractivity contribution >= 4 is 21.7 Å². The van der Waals surface area contributed by atoms with Gasteiger partial charge in [-0.25, -0.2) is 22.5 Å². The van der Waals surface area contributed by atoms with Crippen molar-refractivity contribution in [1.82, 2.24) is 4.31 Å². The van der Waals surface area contributed by atoms with E-state index in [-0.39, 0.29) is 17.9 Å². The zero-order valence-corrected chi connectivity index (χ0v) is 13.0. The second-order valence-corrected chi connectivity index (χ2v) is 7.65. The number of rotatable bonds is 4. The molecule has 0 spiro atoms. The van der Waals surface area contributed by atoms with Crippen LogP contribution in [0.1, 0.15) is 27.2 Å². The molecule has 0 radical (unpaired) electrons. The molecule has 21 heavy (non-hydrogen) atoms. The summed E-state index contributed by atoms with van der Waals surface area (Å²) in [6.07, 6.45) is 2.05. The molecule has 0 aromatic rings. The summed E-state index contributed by atoms with van der Waals surface area (Å²) >= 11 is 0. The monoisotopic (exact) mass is 313 g/mol. The number of carboxylic acid groups (broad SMARTS) is 1. The SMILES string of the molecule is CC(C)C(C)S(=O)(=O)N1C2=CCC(C(=O)O)=CC2=NC1N. The van der Waals surface area contributed by atoms with Crippen LogP contribution in [0.4, 0.5) is 0 Å². The summed E-state index contributed by atoms with van der Waals surface area (Å²) in [7, 11) is -3.65. The standard InChI is InChI=1S/C13H19N3O4S/c1-7(2)8(3)21(19,20)16-11-5-4-9(12(17)18)6-10(11)15-13(16)14/h5-8,13H,4,14H2,1-3H3,(H,17,18).